The fourth-order valence-electron chi connectivity index (χ4n) is 2.31. The number of aromatic amines is 1. The summed E-state index contributed by atoms with van der Waals surface area (Å²) in [5.41, 5.74) is 7.01. The Morgan fingerprint density at radius 2 is 1.76 bits per heavy atom. The van der Waals surface area contributed by atoms with Gasteiger partial charge in [0.25, 0.3) is 5.56 Å². The van der Waals surface area contributed by atoms with E-state index in [1.807, 2.05) is 49.4 Å². The summed E-state index contributed by atoms with van der Waals surface area (Å²) < 4.78 is 0. The van der Waals surface area contributed by atoms with Crippen LogP contribution < -0.4 is 11.0 Å². The molecule has 0 radical (unpaired) electrons. The zero-order valence-corrected chi connectivity index (χ0v) is 14.2. The summed E-state index contributed by atoms with van der Waals surface area (Å²) in [5, 5.41) is 12.2. The fourth-order valence-corrected chi connectivity index (χ4v) is 2.31. The number of aromatic nitrogens is 3. The molecular formula is C19H19N5O. The van der Waals surface area contributed by atoms with Gasteiger partial charge in [-0.1, -0.05) is 60.2 Å². The number of hydrogen-bond acceptors (Lipinski definition) is 5. The van der Waals surface area contributed by atoms with E-state index in [1.54, 1.807) is 6.92 Å². The van der Waals surface area contributed by atoms with Crippen LogP contribution in [0.4, 0.5) is 5.95 Å². The molecular weight excluding hydrogens is 314 g/mol. The molecule has 0 spiro atoms. The third-order valence-electron chi connectivity index (χ3n) is 3.76. The Bertz CT molecular complexity index is 930. The number of hydrogen-bond donors (Lipinski definition) is 2. The second-order valence-corrected chi connectivity index (χ2v) is 5.79. The molecule has 25 heavy (non-hydrogen) atoms. The normalized spacial score (nSPS) is 11.4. The molecule has 126 valence electrons. The highest BCUT2D eigenvalue weighted by molar-refractivity contribution is 6.02. The zero-order chi connectivity index (χ0) is 17.6. The standard InChI is InChI=1S/C19H19N5O/c1-13-8-10-16(11-9-13)17(12-15-6-4-3-5-7-15)22-24-19-20-18(25)14(2)21-23-19/h3-11H,12H2,1-2H3,(H2,20,23,24,25)/b22-17+. The van der Waals surface area contributed by atoms with E-state index in [9.17, 15) is 4.79 Å². The maximum absolute atomic E-state index is 11.6. The molecule has 6 nitrogen and oxygen atoms in total. The third-order valence-corrected chi connectivity index (χ3v) is 3.76. The van der Waals surface area contributed by atoms with E-state index in [1.165, 1.54) is 5.56 Å². The lowest BCUT2D eigenvalue weighted by Crippen LogP contribution is -2.16. The van der Waals surface area contributed by atoms with Crippen molar-refractivity contribution in [1.82, 2.24) is 15.2 Å². The monoisotopic (exact) mass is 333 g/mol. The Morgan fingerprint density at radius 1 is 1.04 bits per heavy atom. The van der Waals surface area contributed by atoms with Gasteiger partial charge in [0.2, 0.25) is 5.95 Å². The summed E-state index contributed by atoms with van der Waals surface area (Å²) in [4.78, 5) is 14.2. The maximum atomic E-state index is 11.6. The van der Waals surface area contributed by atoms with Crippen LogP contribution in [-0.4, -0.2) is 20.9 Å². The van der Waals surface area contributed by atoms with Crippen LogP contribution >= 0.6 is 0 Å². The topological polar surface area (TPSA) is 83.0 Å². The van der Waals surface area contributed by atoms with Crippen molar-refractivity contribution in [2.45, 2.75) is 20.3 Å². The molecule has 0 saturated heterocycles. The Morgan fingerprint density at radius 3 is 2.44 bits per heavy atom. The number of nitrogens with one attached hydrogen (secondary N) is 2. The number of rotatable bonds is 5. The SMILES string of the molecule is Cc1ccc(/C(Cc2ccccc2)=N/Nc2nnc(C)c(=O)[nH]2)cc1. The molecule has 6 heteroatoms. The molecule has 3 rings (SSSR count). The van der Waals surface area contributed by atoms with E-state index in [-0.39, 0.29) is 11.5 Å². The molecule has 3 aromatic rings. The highest BCUT2D eigenvalue weighted by Gasteiger charge is 2.06. The quantitative estimate of drug-likeness (QED) is 0.555. The maximum Gasteiger partial charge on any atom is 0.274 e. The van der Waals surface area contributed by atoms with Crippen LogP contribution in [0.15, 0.2) is 64.5 Å². The van der Waals surface area contributed by atoms with E-state index in [4.69, 9.17) is 0 Å². The fraction of sp³-hybridized carbons (Fsp3) is 0.158. The van der Waals surface area contributed by atoms with Crippen molar-refractivity contribution in [1.29, 1.82) is 0 Å². The minimum absolute atomic E-state index is 0.216. The van der Waals surface area contributed by atoms with Crippen molar-refractivity contribution in [3.05, 3.63) is 87.3 Å². The first-order chi connectivity index (χ1) is 12.1. The molecule has 2 aromatic carbocycles. The molecule has 0 aliphatic carbocycles. The second-order valence-electron chi connectivity index (χ2n) is 5.79. The number of aryl methyl sites for hydroxylation is 2. The summed E-state index contributed by atoms with van der Waals surface area (Å²) in [6.07, 6.45) is 0.653. The van der Waals surface area contributed by atoms with Gasteiger partial charge in [0.05, 0.1) is 5.71 Å². The Kier molecular flexibility index (Phi) is 4.99. The average molecular weight is 333 g/mol. The van der Waals surface area contributed by atoms with Crippen LogP contribution in [0.1, 0.15) is 22.4 Å². The molecule has 0 fully saturated rings. The lowest BCUT2D eigenvalue weighted by atomic mass is 10.0. The van der Waals surface area contributed by atoms with E-state index in [0.29, 0.717) is 12.1 Å². The first-order valence-electron chi connectivity index (χ1n) is 7.99. The number of hydrazone groups is 1. The zero-order valence-electron chi connectivity index (χ0n) is 14.2. The molecule has 0 unspecified atom stereocenters. The molecule has 2 N–H and O–H groups in total. The number of anilines is 1. The van der Waals surface area contributed by atoms with Gasteiger partial charge in [-0.3, -0.25) is 9.78 Å². The van der Waals surface area contributed by atoms with Crippen molar-refractivity contribution >= 4 is 11.7 Å². The van der Waals surface area contributed by atoms with Crippen molar-refractivity contribution in [3.63, 3.8) is 0 Å². The average Bonchev–Trinajstić information content (AvgIpc) is 2.63. The van der Waals surface area contributed by atoms with Crippen LogP contribution in [0.2, 0.25) is 0 Å². The number of H-pyrrole nitrogens is 1. The largest absolute Gasteiger partial charge is 0.288 e. The lowest BCUT2D eigenvalue weighted by molar-refractivity contribution is 0.896. The molecule has 0 amide bonds. The third kappa shape index (κ3) is 4.38. The van der Waals surface area contributed by atoms with Gasteiger partial charge in [-0.05, 0) is 25.0 Å². The van der Waals surface area contributed by atoms with Gasteiger partial charge >= 0.3 is 0 Å². The molecule has 0 atom stereocenters. The van der Waals surface area contributed by atoms with E-state index in [0.717, 1.165) is 16.8 Å². The van der Waals surface area contributed by atoms with Crippen molar-refractivity contribution in [2.75, 3.05) is 5.43 Å². The number of nitrogens with zero attached hydrogens (tertiary/aromatic N) is 3. The molecule has 0 aliphatic heterocycles. The summed E-state index contributed by atoms with van der Waals surface area (Å²) in [5.74, 6) is 0.216. The molecule has 0 aliphatic rings. The van der Waals surface area contributed by atoms with E-state index in [2.05, 4.69) is 37.8 Å². The van der Waals surface area contributed by atoms with Gasteiger partial charge < -0.3 is 0 Å². The minimum atomic E-state index is -0.285. The Labute approximate surface area is 145 Å². The van der Waals surface area contributed by atoms with Crippen molar-refractivity contribution < 1.29 is 0 Å². The highest BCUT2D eigenvalue weighted by atomic mass is 16.1. The van der Waals surface area contributed by atoms with E-state index >= 15 is 0 Å². The van der Waals surface area contributed by atoms with Crippen molar-refractivity contribution in [3.8, 4) is 0 Å². The van der Waals surface area contributed by atoms with Gasteiger partial charge in [-0.25, -0.2) is 5.43 Å². The Hall–Kier alpha value is -3.28. The molecule has 1 aromatic heterocycles. The smallest absolute Gasteiger partial charge is 0.274 e. The predicted molar refractivity (Wildman–Crippen MR) is 98.9 cm³/mol. The van der Waals surface area contributed by atoms with Crippen LogP contribution in [0.25, 0.3) is 0 Å². The Balaban J connectivity index is 1.90. The first-order valence-corrected chi connectivity index (χ1v) is 7.99. The molecule has 0 saturated carbocycles. The first kappa shape index (κ1) is 16.6. The lowest BCUT2D eigenvalue weighted by Gasteiger charge is -2.08. The minimum Gasteiger partial charge on any atom is -0.288 e. The second kappa shape index (κ2) is 7.53. The van der Waals surface area contributed by atoms with Crippen molar-refractivity contribution in [2.24, 2.45) is 5.10 Å². The van der Waals surface area contributed by atoms with Gasteiger partial charge in [0.15, 0.2) is 0 Å². The molecule has 0 bridgehead atoms. The molecule has 1 heterocycles. The summed E-state index contributed by atoms with van der Waals surface area (Å²) in [7, 11) is 0. The summed E-state index contributed by atoms with van der Waals surface area (Å²) >= 11 is 0. The van der Waals surface area contributed by atoms with Gasteiger partial charge in [0, 0.05) is 6.42 Å². The highest BCUT2D eigenvalue weighted by Crippen LogP contribution is 2.10. The van der Waals surface area contributed by atoms with Gasteiger partial charge in [0.1, 0.15) is 5.69 Å². The predicted octanol–water partition coefficient (Wildman–Crippen LogP) is 2.84. The van der Waals surface area contributed by atoms with Crippen LogP contribution in [0.5, 0.6) is 0 Å². The van der Waals surface area contributed by atoms with E-state index < -0.39 is 0 Å². The van der Waals surface area contributed by atoms with Gasteiger partial charge in [-0.15, -0.1) is 10.2 Å². The van der Waals surface area contributed by atoms with Crippen LogP contribution in [0, 0.1) is 13.8 Å². The van der Waals surface area contributed by atoms with Crippen LogP contribution in [0.3, 0.4) is 0 Å². The summed E-state index contributed by atoms with van der Waals surface area (Å²) in [6, 6.07) is 18.2. The number of benzene rings is 2. The van der Waals surface area contributed by atoms with Gasteiger partial charge in [-0.2, -0.15) is 5.10 Å². The van der Waals surface area contributed by atoms with Crippen LogP contribution in [-0.2, 0) is 6.42 Å². The summed E-state index contributed by atoms with van der Waals surface area (Å²) in [6.45, 7) is 3.65.